The molecule has 2 aliphatic heterocycles. The number of nitrogens with zero attached hydrogens (tertiary/aromatic N) is 6. The number of nitrogens with one attached hydrogen (secondary N) is 1. The number of hydrogen-bond acceptors (Lipinski definition) is 7. The fraction of sp³-hybridized carbons (Fsp3) is 0.471. The highest BCUT2D eigenvalue weighted by Crippen LogP contribution is 2.33. The summed E-state index contributed by atoms with van der Waals surface area (Å²) >= 11 is 0. The molecule has 2 aromatic rings. The lowest BCUT2D eigenvalue weighted by Crippen LogP contribution is -2.51. The van der Waals surface area contributed by atoms with Crippen molar-refractivity contribution in [1.29, 1.82) is 5.26 Å². The molecule has 11 heteroatoms. The summed E-state index contributed by atoms with van der Waals surface area (Å²) in [6, 6.07) is 10.1. The highest BCUT2D eigenvalue weighted by atomic mass is 19.3. The quantitative estimate of drug-likeness (QED) is 0.371. The number of aromatic nitrogens is 2. The first kappa shape index (κ1) is 35.2. The van der Waals surface area contributed by atoms with Crippen LogP contribution in [0.2, 0.25) is 0 Å². The van der Waals surface area contributed by atoms with Crippen LogP contribution in [0.25, 0.3) is 0 Å². The zero-order valence-electron chi connectivity index (χ0n) is 27.4. The van der Waals surface area contributed by atoms with Gasteiger partial charge in [-0.05, 0) is 75.8 Å². The third-order valence-electron chi connectivity index (χ3n) is 7.85. The van der Waals surface area contributed by atoms with E-state index >= 15 is 4.39 Å². The van der Waals surface area contributed by atoms with Crippen LogP contribution < -0.4 is 10.2 Å². The van der Waals surface area contributed by atoms with E-state index in [9.17, 15) is 18.8 Å². The third-order valence-corrected chi connectivity index (χ3v) is 7.85. The first-order valence-electron chi connectivity index (χ1n) is 15.3. The van der Waals surface area contributed by atoms with Gasteiger partial charge in [-0.15, -0.1) is 0 Å². The van der Waals surface area contributed by atoms with E-state index in [0.717, 1.165) is 5.82 Å². The molecule has 0 spiro atoms. The van der Waals surface area contributed by atoms with Crippen LogP contribution in [0.3, 0.4) is 0 Å². The molecule has 1 N–H and O–H groups in total. The largest absolute Gasteiger partial charge is 0.377 e. The summed E-state index contributed by atoms with van der Waals surface area (Å²) in [5.74, 6) is 0.201. The Hall–Kier alpha value is -4.33. The number of piperazine rings is 1. The summed E-state index contributed by atoms with van der Waals surface area (Å²) in [4.78, 5) is 27.8. The number of amides is 1. The molecule has 1 saturated heterocycles. The van der Waals surface area contributed by atoms with Crippen molar-refractivity contribution in [3.63, 3.8) is 0 Å². The van der Waals surface area contributed by atoms with Crippen molar-refractivity contribution in [2.45, 2.75) is 60.9 Å². The van der Waals surface area contributed by atoms with Gasteiger partial charge in [0, 0.05) is 50.9 Å². The van der Waals surface area contributed by atoms with Gasteiger partial charge in [0.15, 0.2) is 0 Å². The Bertz CT molecular complexity index is 1490. The number of anilines is 2. The molecule has 242 valence electrons. The molecule has 2 aromatic heterocycles. The van der Waals surface area contributed by atoms with Crippen molar-refractivity contribution in [1.82, 2.24) is 19.8 Å². The number of hydrogen-bond donors (Lipinski definition) is 1. The topological polar surface area (TPSA) is 88.4 Å². The Morgan fingerprint density at radius 3 is 2.33 bits per heavy atom. The van der Waals surface area contributed by atoms with E-state index in [4.69, 9.17) is 0 Å². The number of halogens is 3. The van der Waals surface area contributed by atoms with Crippen molar-refractivity contribution in [2.75, 3.05) is 43.4 Å². The highest BCUT2D eigenvalue weighted by Gasteiger charge is 2.34. The second-order valence-corrected chi connectivity index (χ2v) is 11.6. The lowest BCUT2D eigenvalue weighted by Gasteiger charge is -2.42. The van der Waals surface area contributed by atoms with Crippen molar-refractivity contribution < 1.29 is 18.0 Å². The minimum absolute atomic E-state index is 0.185. The molecule has 0 aliphatic carbocycles. The van der Waals surface area contributed by atoms with Crippen LogP contribution in [-0.4, -0.2) is 64.9 Å². The van der Waals surface area contributed by atoms with Gasteiger partial charge in [-0.25, -0.2) is 23.1 Å². The lowest BCUT2D eigenvalue weighted by molar-refractivity contribution is -0.136. The van der Waals surface area contributed by atoms with Crippen LogP contribution in [0.4, 0.5) is 24.7 Å². The van der Waals surface area contributed by atoms with Gasteiger partial charge in [0.25, 0.3) is 6.43 Å². The molecule has 45 heavy (non-hydrogen) atoms. The number of rotatable bonds is 6. The van der Waals surface area contributed by atoms with Gasteiger partial charge >= 0.3 is 0 Å². The molecule has 0 radical (unpaired) electrons. The van der Waals surface area contributed by atoms with Crippen LogP contribution in [0.15, 0.2) is 65.8 Å². The SMILES string of the molecule is CC.Cc1ccc(N[C@H](C)/C2=C/C(F)=C\C(C)(C)C(=O)N(C)/C(N3CCN(c4cccc(C#N)n4)CC3)=C\C2C)c(C(F)F)n1. The maximum absolute atomic E-state index is 15.4. The molecule has 0 bridgehead atoms. The van der Waals surface area contributed by atoms with Gasteiger partial charge in [0.1, 0.15) is 34.9 Å². The maximum atomic E-state index is 15.4. The molecule has 1 amide bonds. The van der Waals surface area contributed by atoms with Crippen LogP contribution in [-0.2, 0) is 4.79 Å². The van der Waals surface area contributed by atoms with Crippen molar-refractivity contribution in [3.05, 3.63) is 82.9 Å². The average Bonchev–Trinajstić information content (AvgIpc) is 3.02. The summed E-state index contributed by atoms with van der Waals surface area (Å²) in [7, 11) is 1.69. The Morgan fingerprint density at radius 2 is 1.71 bits per heavy atom. The van der Waals surface area contributed by atoms with Gasteiger partial charge in [-0.1, -0.05) is 26.8 Å². The van der Waals surface area contributed by atoms with Crippen molar-refractivity contribution in [3.8, 4) is 6.07 Å². The second-order valence-electron chi connectivity index (χ2n) is 11.6. The fourth-order valence-electron chi connectivity index (χ4n) is 5.55. The fourth-order valence-corrected chi connectivity index (χ4v) is 5.55. The predicted molar refractivity (Wildman–Crippen MR) is 172 cm³/mol. The molecular weight excluding hydrogens is 579 g/mol. The lowest BCUT2D eigenvalue weighted by atomic mass is 9.87. The number of aryl methyl sites for hydroxylation is 1. The van der Waals surface area contributed by atoms with E-state index in [2.05, 4.69) is 31.2 Å². The average molecular weight is 624 g/mol. The number of carbonyl (C=O) groups is 1. The molecule has 2 aliphatic rings. The molecule has 0 aromatic carbocycles. The van der Waals surface area contributed by atoms with E-state index in [1.807, 2.05) is 32.9 Å². The van der Waals surface area contributed by atoms with Gasteiger partial charge < -0.3 is 20.0 Å². The van der Waals surface area contributed by atoms with Crippen LogP contribution in [0.5, 0.6) is 0 Å². The number of nitriles is 1. The standard InChI is InChI=1S/C32H38F3N7O.C2H6/c1-20-16-28(42-14-12-41(13-15-42)27-9-7-8-24(19-36)39-27)40(6)31(43)32(4,5)18-23(33)17-25(20)22(3)38-26-11-10-21(2)37-29(26)30(34)35;1-2/h7-11,16-18,20,22,30,38H,12-15H2,1-6H3;1-2H3/b23-18+,25-17+,28-16+;/t20?,22-;/m1./s1. The van der Waals surface area contributed by atoms with Gasteiger partial charge in [0.05, 0.1) is 11.1 Å². The van der Waals surface area contributed by atoms with Gasteiger partial charge in [-0.3, -0.25) is 4.79 Å². The Morgan fingerprint density at radius 1 is 1.07 bits per heavy atom. The molecule has 1 fully saturated rings. The maximum Gasteiger partial charge on any atom is 0.282 e. The summed E-state index contributed by atoms with van der Waals surface area (Å²) in [6.07, 6.45) is 1.86. The van der Waals surface area contributed by atoms with E-state index in [1.54, 1.807) is 63.9 Å². The molecular formula is C34H44F3N7O. The first-order valence-corrected chi connectivity index (χ1v) is 15.3. The minimum atomic E-state index is -2.77. The summed E-state index contributed by atoms with van der Waals surface area (Å²) in [5, 5.41) is 12.4. The summed E-state index contributed by atoms with van der Waals surface area (Å²) < 4.78 is 43.0. The van der Waals surface area contributed by atoms with Crippen molar-refractivity contribution >= 4 is 17.4 Å². The molecule has 2 atom stereocenters. The number of pyridine rings is 2. The monoisotopic (exact) mass is 623 g/mol. The highest BCUT2D eigenvalue weighted by molar-refractivity contribution is 5.85. The minimum Gasteiger partial charge on any atom is -0.377 e. The zero-order chi connectivity index (χ0) is 33.5. The third kappa shape index (κ3) is 8.44. The number of allylic oxidation sites excluding steroid dienone is 3. The van der Waals surface area contributed by atoms with Crippen LogP contribution >= 0.6 is 0 Å². The van der Waals surface area contributed by atoms with Crippen molar-refractivity contribution in [2.24, 2.45) is 11.3 Å². The Labute approximate surface area is 264 Å². The molecule has 0 saturated carbocycles. The molecule has 1 unspecified atom stereocenters. The molecule has 8 nitrogen and oxygen atoms in total. The Balaban J connectivity index is 0.00000271. The van der Waals surface area contributed by atoms with Crippen LogP contribution in [0, 0.1) is 29.6 Å². The summed E-state index contributed by atoms with van der Waals surface area (Å²) in [5.41, 5.74) is 0.132. The van der Waals surface area contributed by atoms with Gasteiger partial charge in [0.2, 0.25) is 5.91 Å². The smallest absolute Gasteiger partial charge is 0.282 e. The first-order chi connectivity index (χ1) is 21.3. The number of alkyl halides is 2. The predicted octanol–water partition coefficient (Wildman–Crippen LogP) is 7.00. The van der Waals surface area contributed by atoms with Gasteiger partial charge in [-0.2, -0.15) is 5.26 Å². The normalized spacial score (nSPS) is 22.9. The van der Waals surface area contributed by atoms with E-state index < -0.39 is 23.7 Å². The summed E-state index contributed by atoms with van der Waals surface area (Å²) in [6.45, 7) is 15.1. The zero-order valence-corrected chi connectivity index (χ0v) is 27.4. The number of carbonyl (C=O) groups excluding carboxylic acids is 1. The second kappa shape index (κ2) is 15.1. The van der Waals surface area contributed by atoms with Crippen LogP contribution in [0.1, 0.15) is 65.0 Å². The van der Waals surface area contributed by atoms with E-state index in [-0.39, 0.29) is 23.2 Å². The van der Waals surface area contributed by atoms with E-state index in [0.29, 0.717) is 49.0 Å². The molecule has 4 rings (SSSR count). The van der Waals surface area contributed by atoms with E-state index in [1.165, 1.54) is 12.2 Å². The molecule has 4 heterocycles. The Kier molecular flexibility index (Phi) is 11.8.